The minimum atomic E-state index is 0.00724. The van der Waals surface area contributed by atoms with Gasteiger partial charge in [0.05, 0.1) is 29.5 Å². The first-order chi connectivity index (χ1) is 14.6. The summed E-state index contributed by atoms with van der Waals surface area (Å²) in [6.07, 6.45) is 5.26. The minimum absolute atomic E-state index is 0.00724. The number of hydrogen-bond donors (Lipinski definition) is 2. The molecule has 8 nitrogen and oxygen atoms in total. The summed E-state index contributed by atoms with van der Waals surface area (Å²) < 4.78 is 13.4. The Morgan fingerprint density at radius 1 is 1.10 bits per heavy atom. The molecule has 0 bridgehead atoms. The molecule has 0 atom stereocenters. The van der Waals surface area contributed by atoms with Gasteiger partial charge in [-0.05, 0) is 45.9 Å². The molecule has 164 valence electrons. The lowest BCUT2D eigenvalue weighted by atomic mass is 9.81. The number of halogens is 1. The summed E-state index contributed by atoms with van der Waals surface area (Å²) in [5, 5.41) is 16.6. The largest absolute Gasteiger partial charge is 0.473 e. The number of anilines is 1. The summed E-state index contributed by atoms with van der Waals surface area (Å²) in [5.41, 5.74) is 8.77. The van der Waals surface area contributed by atoms with Crippen molar-refractivity contribution in [1.82, 2.24) is 25.3 Å². The van der Waals surface area contributed by atoms with Gasteiger partial charge in [0, 0.05) is 41.6 Å². The van der Waals surface area contributed by atoms with E-state index in [2.05, 4.69) is 48.3 Å². The van der Waals surface area contributed by atoms with Gasteiger partial charge >= 0.3 is 0 Å². The van der Waals surface area contributed by atoms with Crippen molar-refractivity contribution in [2.75, 3.05) is 5.73 Å². The van der Waals surface area contributed by atoms with Gasteiger partial charge in [0.1, 0.15) is 11.9 Å². The van der Waals surface area contributed by atoms with Crippen LogP contribution >= 0.6 is 23.0 Å². The average Bonchev–Trinajstić information content (AvgIpc) is 3.12. The highest BCUT2D eigenvalue weighted by molar-refractivity contribution is 14.1. The molecule has 0 unspecified atom stereocenters. The number of nitrogens with one attached hydrogen (secondary N) is 1. The first-order valence-corrected chi connectivity index (χ1v) is 11.1. The monoisotopic (exact) mass is 534 g/mol. The van der Waals surface area contributed by atoms with E-state index >= 15 is 0 Å². The Balaban J connectivity index is 1.53. The highest BCUT2D eigenvalue weighted by Gasteiger charge is 2.38. The SMILES string of the molecule is CC1(C)CC(Oc2ccc(-c3ccc(-n4cc(N)cn4)cc3OI)nn2)CC(C)(C)N1. The van der Waals surface area contributed by atoms with E-state index in [-0.39, 0.29) is 17.2 Å². The average molecular weight is 534 g/mol. The number of ether oxygens (including phenoxy) is 1. The second-order valence-electron chi connectivity index (χ2n) is 9.27. The Kier molecular flexibility index (Phi) is 5.82. The molecule has 1 aliphatic rings. The van der Waals surface area contributed by atoms with Gasteiger partial charge in [0.25, 0.3) is 0 Å². The second kappa shape index (κ2) is 8.27. The number of nitrogens with two attached hydrogens (primary N) is 1. The van der Waals surface area contributed by atoms with Crippen molar-refractivity contribution < 1.29 is 7.80 Å². The third-order valence-electron chi connectivity index (χ3n) is 5.27. The third kappa shape index (κ3) is 5.09. The number of nitrogens with zero attached hydrogens (tertiary/aromatic N) is 4. The number of nitrogen functional groups attached to an aromatic ring is 1. The first kappa shape index (κ1) is 21.8. The molecule has 9 heteroatoms. The van der Waals surface area contributed by atoms with Gasteiger partial charge in [-0.15, -0.1) is 10.2 Å². The van der Waals surface area contributed by atoms with Crippen LogP contribution in [-0.4, -0.2) is 37.2 Å². The summed E-state index contributed by atoms with van der Waals surface area (Å²) in [6.45, 7) is 8.80. The zero-order valence-corrected chi connectivity index (χ0v) is 20.3. The molecule has 0 spiro atoms. The molecular weight excluding hydrogens is 507 g/mol. The summed E-state index contributed by atoms with van der Waals surface area (Å²) in [6, 6.07) is 9.53. The van der Waals surface area contributed by atoms with E-state index < -0.39 is 0 Å². The predicted molar refractivity (Wildman–Crippen MR) is 129 cm³/mol. The van der Waals surface area contributed by atoms with Crippen LogP contribution in [0.5, 0.6) is 11.6 Å². The first-order valence-electron chi connectivity index (χ1n) is 10.2. The maximum atomic E-state index is 6.18. The fourth-order valence-corrected chi connectivity index (χ4v) is 4.78. The summed E-state index contributed by atoms with van der Waals surface area (Å²) in [4.78, 5) is 0. The molecule has 1 saturated heterocycles. The number of rotatable bonds is 5. The van der Waals surface area contributed by atoms with Crippen LogP contribution in [0.2, 0.25) is 0 Å². The Morgan fingerprint density at radius 3 is 2.42 bits per heavy atom. The van der Waals surface area contributed by atoms with Gasteiger partial charge < -0.3 is 18.9 Å². The standard InChI is InChI=1S/C22H27IN6O2/c1-21(2)10-16(11-22(3,4)28-21)30-20-8-7-18(26-27-20)17-6-5-15(9-19(17)31-23)29-13-14(24)12-25-29/h5-9,12-13,16,28H,10-11,24H2,1-4H3. The van der Waals surface area contributed by atoms with Gasteiger partial charge in [0.15, 0.2) is 23.0 Å². The van der Waals surface area contributed by atoms with Crippen LogP contribution in [0, 0.1) is 0 Å². The van der Waals surface area contributed by atoms with Crippen molar-refractivity contribution in [3.8, 4) is 28.6 Å². The fourth-order valence-electron chi connectivity index (χ4n) is 4.42. The van der Waals surface area contributed by atoms with Gasteiger partial charge in [-0.1, -0.05) is 0 Å². The lowest BCUT2D eigenvalue weighted by Gasteiger charge is -2.46. The maximum Gasteiger partial charge on any atom is 0.233 e. The Labute approximate surface area is 196 Å². The van der Waals surface area contributed by atoms with Gasteiger partial charge in [-0.3, -0.25) is 0 Å². The Hall–Kier alpha value is -2.40. The van der Waals surface area contributed by atoms with E-state index in [1.807, 2.05) is 53.3 Å². The van der Waals surface area contributed by atoms with Crippen LogP contribution in [0.4, 0.5) is 5.69 Å². The van der Waals surface area contributed by atoms with Crippen LogP contribution in [0.1, 0.15) is 40.5 Å². The molecule has 3 aromatic rings. The third-order valence-corrected chi connectivity index (χ3v) is 5.75. The zero-order valence-electron chi connectivity index (χ0n) is 18.1. The molecule has 1 aromatic carbocycles. The fraction of sp³-hybridized carbons (Fsp3) is 0.409. The van der Waals surface area contributed by atoms with Gasteiger partial charge in [-0.2, -0.15) is 5.10 Å². The quantitative estimate of drug-likeness (QED) is 0.470. The topological polar surface area (TPSA) is 100 Å². The second-order valence-corrected chi connectivity index (χ2v) is 9.71. The van der Waals surface area contributed by atoms with Crippen molar-refractivity contribution in [2.24, 2.45) is 0 Å². The van der Waals surface area contributed by atoms with E-state index in [4.69, 9.17) is 13.5 Å². The molecule has 31 heavy (non-hydrogen) atoms. The van der Waals surface area contributed by atoms with Crippen molar-refractivity contribution in [3.05, 3.63) is 42.7 Å². The summed E-state index contributed by atoms with van der Waals surface area (Å²) in [7, 11) is 0. The molecule has 0 saturated carbocycles. The maximum absolute atomic E-state index is 6.18. The van der Waals surface area contributed by atoms with E-state index in [0.717, 1.165) is 24.1 Å². The number of hydrogen-bond acceptors (Lipinski definition) is 7. The van der Waals surface area contributed by atoms with Crippen molar-refractivity contribution in [3.63, 3.8) is 0 Å². The highest BCUT2D eigenvalue weighted by Crippen LogP contribution is 2.34. The highest BCUT2D eigenvalue weighted by atomic mass is 127. The van der Waals surface area contributed by atoms with Crippen molar-refractivity contribution >= 4 is 28.7 Å². The van der Waals surface area contributed by atoms with E-state index in [1.165, 1.54) is 0 Å². The van der Waals surface area contributed by atoms with E-state index in [0.29, 0.717) is 23.0 Å². The van der Waals surface area contributed by atoms with E-state index in [1.54, 1.807) is 17.1 Å². The molecule has 0 amide bonds. The molecule has 3 heterocycles. The van der Waals surface area contributed by atoms with Crippen molar-refractivity contribution in [1.29, 1.82) is 0 Å². The molecule has 1 aliphatic heterocycles. The van der Waals surface area contributed by atoms with Gasteiger partial charge in [-0.25, -0.2) is 4.68 Å². The smallest absolute Gasteiger partial charge is 0.233 e. The van der Waals surface area contributed by atoms with Crippen LogP contribution in [0.15, 0.2) is 42.7 Å². The molecule has 4 rings (SSSR count). The van der Waals surface area contributed by atoms with Crippen LogP contribution in [0.25, 0.3) is 16.9 Å². The minimum Gasteiger partial charge on any atom is -0.473 e. The number of aromatic nitrogens is 4. The number of benzene rings is 1. The number of piperidine rings is 1. The molecular formula is C22H27IN6O2. The lowest BCUT2D eigenvalue weighted by molar-refractivity contribution is 0.0524. The van der Waals surface area contributed by atoms with E-state index in [9.17, 15) is 0 Å². The molecule has 0 radical (unpaired) electrons. The Morgan fingerprint density at radius 2 is 1.84 bits per heavy atom. The predicted octanol–water partition coefficient (Wildman–Crippen LogP) is 4.33. The lowest BCUT2D eigenvalue weighted by Crippen LogP contribution is -2.60. The molecule has 3 N–H and O–H groups in total. The molecule has 1 fully saturated rings. The Bertz CT molecular complexity index is 1050. The van der Waals surface area contributed by atoms with Crippen molar-refractivity contribution in [2.45, 2.75) is 57.7 Å². The summed E-state index contributed by atoms with van der Waals surface area (Å²) in [5.74, 6) is 1.19. The van der Waals surface area contributed by atoms with Crippen LogP contribution in [-0.2, 0) is 0 Å². The molecule has 2 aromatic heterocycles. The summed E-state index contributed by atoms with van der Waals surface area (Å²) >= 11 is 1.86. The van der Waals surface area contributed by atoms with Gasteiger partial charge in [0.2, 0.25) is 5.88 Å². The zero-order chi connectivity index (χ0) is 22.2. The van der Waals surface area contributed by atoms with Crippen LogP contribution < -0.4 is 18.9 Å². The normalized spacial score (nSPS) is 18.0. The molecule has 0 aliphatic carbocycles. The van der Waals surface area contributed by atoms with Crippen LogP contribution in [0.3, 0.4) is 0 Å².